The first-order chi connectivity index (χ1) is 8.11. The summed E-state index contributed by atoms with van der Waals surface area (Å²) in [5.74, 6) is 0.594. The van der Waals surface area contributed by atoms with Gasteiger partial charge in [0.2, 0.25) is 5.95 Å². The summed E-state index contributed by atoms with van der Waals surface area (Å²) < 4.78 is 0. The SMILES string of the molecule is CC(C)(/C=N\Nc1nc2ccccc2[nH]1)CO. The van der Waals surface area contributed by atoms with Gasteiger partial charge in [0, 0.05) is 11.6 Å². The molecule has 2 aromatic rings. The number of hydrazone groups is 1. The number of hydrogen-bond donors (Lipinski definition) is 3. The molecule has 0 bridgehead atoms. The minimum absolute atomic E-state index is 0.0539. The number of nitrogens with one attached hydrogen (secondary N) is 2. The zero-order chi connectivity index (χ0) is 12.3. The van der Waals surface area contributed by atoms with Gasteiger partial charge in [0.05, 0.1) is 17.6 Å². The van der Waals surface area contributed by atoms with Gasteiger partial charge in [-0.1, -0.05) is 26.0 Å². The van der Waals surface area contributed by atoms with E-state index in [1.54, 1.807) is 6.21 Å². The Hall–Kier alpha value is -1.88. The van der Waals surface area contributed by atoms with E-state index in [1.807, 2.05) is 38.1 Å². The summed E-state index contributed by atoms with van der Waals surface area (Å²) in [5.41, 5.74) is 4.34. The summed E-state index contributed by atoms with van der Waals surface area (Å²) in [6.45, 7) is 3.85. The number of hydrogen-bond acceptors (Lipinski definition) is 4. The van der Waals surface area contributed by atoms with E-state index in [1.165, 1.54) is 0 Å². The second kappa shape index (κ2) is 4.55. The second-order valence-corrected chi connectivity index (χ2v) is 4.62. The fraction of sp³-hybridized carbons (Fsp3) is 0.333. The lowest BCUT2D eigenvalue weighted by molar-refractivity contribution is 0.216. The van der Waals surface area contributed by atoms with Crippen LogP contribution in [0.5, 0.6) is 0 Å². The molecule has 0 saturated carbocycles. The molecule has 5 nitrogen and oxygen atoms in total. The van der Waals surface area contributed by atoms with Crippen molar-refractivity contribution in [1.82, 2.24) is 9.97 Å². The zero-order valence-electron chi connectivity index (χ0n) is 9.94. The summed E-state index contributed by atoms with van der Waals surface area (Å²) in [6.07, 6.45) is 1.67. The molecule has 0 aliphatic heterocycles. The number of aliphatic hydroxyl groups is 1. The number of nitrogens with zero attached hydrogens (tertiary/aromatic N) is 2. The highest BCUT2D eigenvalue weighted by Gasteiger charge is 2.12. The van der Waals surface area contributed by atoms with Crippen LogP contribution in [0.3, 0.4) is 0 Å². The maximum atomic E-state index is 9.06. The first-order valence-corrected chi connectivity index (χ1v) is 5.46. The Kier molecular flexibility index (Phi) is 3.10. The smallest absolute Gasteiger partial charge is 0.222 e. The third kappa shape index (κ3) is 2.82. The Morgan fingerprint density at radius 2 is 2.24 bits per heavy atom. The number of rotatable bonds is 4. The monoisotopic (exact) mass is 232 g/mol. The topological polar surface area (TPSA) is 73.3 Å². The molecule has 3 N–H and O–H groups in total. The highest BCUT2D eigenvalue weighted by molar-refractivity contribution is 5.77. The van der Waals surface area contributed by atoms with Gasteiger partial charge in [0.15, 0.2) is 0 Å². The van der Waals surface area contributed by atoms with Crippen molar-refractivity contribution in [2.45, 2.75) is 13.8 Å². The van der Waals surface area contributed by atoms with Gasteiger partial charge in [-0.05, 0) is 12.1 Å². The average molecular weight is 232 g/mol. The number of anilines is 1. The molecule has 0 aliphatic carbocycles. The quantitative estimate of drug-likeness (QED) is 0.557. The zero-order valence-corrected chi connectivity index (χ0v) is 9.94. The van der Waals surface area contributed by atoms with E-state index in [2.05, 4.69) is 20.5 Å². The van der Waals surface area contributed by atoms with Crippen molar-refractivity contribution in [3.63, 3.8) is 0 Å². The van der Waals surface area contributed by atoms with Crippen molar-refractivity contribution < 1.29 is 5.11 Å². The van der Waals surface area contributed by atoms with Crippen LogP contribution < -0.4 is 5.43 Å². The molecule has 0 fully saturated rings. The van der Waals surface area contributed by atoms with Crippen molar-refractivity contribution in [2.75, 3.05) is 12.0 Å². The van der Waals surface area contributed by atoms with E-state index >= 15 is 0 Å². The molecular formula is C12H16N4O. The number of H-pyrrole nitrogens is 1. The maximum Gasteiger partial charge on any atom is 0.222 e. The molecule has 1 aromatic carbocycles. The van der Waals surface area contributed by atoms with Gasteiger partial charge in [-0.2, -0.15) is 5.10 Å². The first kappa shape index (κ1) is 11.6. The third-order valence-corrected chi connectivity index (χ3v) is 2.38. The Labute approximate surface area is 99.6 Å². The minimum atomic E-state index is -0.334. The van der Waals surface area contributed by atoms with Gasteiger partial charge in [-0.15, -0.1) is 0 Å². The number of aromatic nitrogens is 2. The molecule has 0 aliphatic rings. The molecule has 0 unspecified atom stereocenters. The largest absolute Gasteiger partial charge is 0.395 e. The van der Waals surface area contributed by atoms with Gasteiger partial charge in [0.25, 0.3) is 0 Å². The molecule has 2 rings (SSSR count). The lowest BCUT2D eigenvalue weighted by Crippen LogP contribution is -2.18. The molecule has 1 heterocycles. The molecule has 5 heteroatoms. The Balaban J connectivity index is 2.09. The van der Waals surface area contributed by atoms with Crippen molar-refractivity contribution in [1.29, 1.82) is 0 Å². The van der Waals surface area contributed by atoms with E-state index < -0.39 is 0 Å². The van der Waals surface area contributed by atoms with Crippen molar-refractivity contribution in [3.8, 4) is 0 Å². The molecule has 90 valence electrons. The predicted molar refractivity (Wildman–Crippen MR) is 69.1 cm³/mol. The molecule has 0 atom stereocenters. The number of aromatic amines is 1. The van der Waals surface area contributed by atoms with Gasteiger partial charge in [-0.3, -0.25) is 0 Å². The fourth-order valence-corrected chi connectivity index (χ4v) is 1.31. The summed E-state index contributed by atoms with van der Waals surface area (Å²) in [7, 11) is 0. The van der Waals surface area contributed by atoms with Crippen molar-refractivity contribution in [2.24, 2.45) is 10.5 Å². The Bertz CT molecular complexity index is 497. The van der Waals surface area contributed by atoms with E-state index in [0.717, 1.165) is 11.0 Å². The Morgan fingerprint density at radius 3 is 2.94 bits per heavy atom. The predicted octanol–water partition coefficient (Wildman–Crippen LogP) is 1.98. The summed E-state index contributed by atoms with van der Waals surface area (Å²) in [4.78, 5) is 7.42. The van der Waals surface area contributed by atoms with Crippen LogP contribution in [0.1, 0.15) is 13.8 Å². The van der Waals surface area contributed by atoms with Crippen LogP contribution in [0.25, 0.3) is 11.0 Å². The molecule has 0 saturated heterocycles. The van der Waals surface area contributed by atoms with Crippen LogP contribution >= 0.6 is 0 Å². The number of benzene rings is 1. The maximum absolute atomic E-state index is 9.06. The van der Waals surface area contributed by atoms with Crippen molar-refractivity contribution in [3.05, 3.63) is 24.3 Å². The van der Waals surface area contributed by atoms with Crippen molar-refractivity contribution >= 4 is 23.2 Å². The molecule has 17 heavy (non-hydrogen) atoms. The van der Waals surface area contributed by atoms with E-state index in [9.17, 15) is 0 Å². The summed E-state index contributed by atoms with van der Waals surface area (Å²) >= 11 is 0. The van der Waals surface area contributed by atoms with E-state index in [0.29, 0.717) is 5.95 Å². The minimum Gasteiger partial charge on any atom is -0.395 e. The standard InChI is InChI=1S/C12H16N4O/c1-12(2,8-17)7-13-16-11-14-9-5-3-4-6-10(9)15-11/h3-7,17H,8H2,1-2H3,(H2,14,15,16)/b13-7-. The Morgan fingerprint density at radius 1 is 1.47 bits per heavy atom. The summed E-state index contributed by atoms with van der Waals surface area (Å²) in [6, 6.07) is 7.76. The second-order valence-electron chi connectivity index (χ2n) is 4.62. The van der Waals surface area contributed by atoms with Crippen LogP contribution in [-0.4, -0.2) is 27.9 Å². The van der Waals surface area contributed by atoms with Crippen LogP contribution in [0.15, 0.2) is 29.4 Å². The number of aliphatic hydroxyl groups excluding tert-OH is 1. The normalized spacial score (nSPS) is 12.4. The van der Waals surface area contributed by atoms with E-state index in [-0.39, 0.29) is 12.0 Å². The van der Waals surface area contributed by atoms with Gasteiger partial charge in [-0.25, -0.2) is 10.4 Å². The highest BCUT2D eigenvalue weighted by Crippen LogP contribution is 2.14. The van der Waals surface area contributed by atoms with Crippen LogP contribution in [0.2, 0.25) is 0 Å². The first-order valence-electron chi connectivity index (χ1n) is 5.46. The summed E-state index contributed by atoms with van der Waals surface area (Å²) in [5, 5.41) is 13.1. The third-order valence-electron chi connectivity index (χ3n) is 2.38. The number of fused-ring (bicyclic) bond motifs is 1. The molecule has 0 radical (unpaired) electrons. The number of para-hydroxylation sites is 2. The molecular weight excluding hydrogens is 216 g/mol. The molecule has 0 amide bonds. The highest BCUT2D eigenvalue weighted by atomic mass is 16.3. The van der Waals surface area contributed by atoms with Crippen LogP contribution in [0, 0.1) is 5.41 Å². The van der Waals surface area contributed by atoms with Crippen LogP contribution in [0.4, 0.5) is 5.95 Å². The van der Waals surface area contributed by atoms with Gasteiger partial charge < -0.3 is 10.1 Å². The van der Waals surface area contributed by atoms with Crippen LogP contribution in [-0.2, 0) is 0 Å². The molecule has 1 aromatic heterocycles. The molecule has 0 spiro atoms. The average Bonchev–Trinajstić information content (AvgIpc) is 2.71. The van der Waals surface area contributed by atoms with E-state index in [4.69, 9.17) is 5.11 Å². The fourth-order valence-electron chi connectivity index (χ4n) is 1.31. The number of imidazole rings is 1. The lowest BCUT2D eigenvalue weighted by Gasteiger charge is -2.13. The van der Waals surface area contributed by atoms with Gasteiger partial charge >= 0.3 is 0 Å². The lowest BCUT2D eigenvalue weighted by atomic mass is 9.97. The van der Waals surface area contributed by atoms with Gasteiger partial charge in [0.1, 0.15) is 0 Å².